The Morgan fingerprint density at radius 3 is 1.18 bits per heavy atom. The van der Waals surface area contributed by atoms with Crippen molar-refractivity contribution in [2.24, 2.45) is 11.8 Å². The van der Waals surface area contributed by atoms with E-state index < -0.39 is 0 Å². The van der Waals surface area contributed by atoms with Crippen LogP contribution in [0.25, 0.3) is 0 Å². The first-order chi connectivity index (χ1) is 10.3. The normalized spacial score (nSPS) is 13.9. The zero-order chi connectivity index (χ0) is 17.4. The van der Waals surface area contributed by atoms with E-state index in [2.05, 4.69) is 72.5 Å². The van der Waals surface area contributed by atoms with Gasteiger partial charge >= 0.3 is 0 Å². The van der Waals surface area contributed by atoms with Crippen molar-refractivity contribution in [2.75, 3.05) is 24.6 Å². The van der Waals surface area contributed by atoms with Gasteiger partial charge in [0, 0.05) is 0 Å². The van der Waals surface area contributed by atoms with Gasteiger partial charge in [0.25, 0.3) is 0 Å². The minimum Gasteiger partial charge on any atom is -0.0628 e. The molecule has 0 bridgehead atoms. The van der Waals surface area contributed by atoms with Gasteiger partial charge in [-0.3, -0.25) is 0 Å². The molecule has 0 aliphatic carbocycles. The Bertz CT molecular complexity index is 189. The van der Waals surface area contributed by atoms with Gasteiger partial charge in [-0.25, -0.2) is 0 Å². The van der Waals surface area contributed by atoms with E-state index in [0.717, 1.165) is 11.8 Å². The molecule has 0 aromatic heterocycles. The van der Waals surface area contributed by atoms with E-state index in [1.165, 1.54) is 63.2 Å². The van der Waals surface area contributed by atoms with Gasteiger partial charge in [0.2, 0.25) is 0 Å². The number of hydrogen-bond donors (Lipinski definition) is 0. The maximum Gasteiger partial charge on any atom is -0.0227 e. The Kier molecular flexibility index (Phi) is 22.7. The van der Waals surface area contributed by atoms with Crippen LogP contribution in [-0.2, 0) is 0 Å². The van der Waals surface area contributed by atoms with Crippen LogP contribution < -0.4 is 0 Å². The Labute approximate surface area is 160 Å². The molecule has 0 fully saturated rings. The summed E-state index contributed by atoms with van der Waals surface area (Å²) in [5, 5.41) is 0. The molecule has 0 N–H and O–H groups in total. The van der Waals surface area contributed by atoms with E-state index in [0.29, 0.717) is 0 Å². The van der Waals surface area contributed by atoms with E-state index >= 15 is 0 Å². The fourth-order valence-corrected chi connectivity index (χ4v) is 5.26. The first kappa shape index (κ1) is 26.1. The fourth-order valence-electron chi connectivity index (χ4n) is 1.99. The second kappa shape index (κ2) is 19.1. The van der Waals surface area contributed by atoms with Crippen LogP contribution in [0.1, 0.15) is 80.1 Å². The predicted molar refractivity (Wildman–Crippen MR) is 120 cm³/mol. The highest BCUT2D eigenvalue weighted by atomic mass is 79.9. The lowest BCUT2D eigenvalue weighted by molar-refractivity contribution is 0.551. The molecule has 4 heteroatoms. The molecular weight excluding hydrogens is 438 g/mol. The Morgan fingerprint density at radius 1 is 0.636 bits per heavy atom. The highest BCUT2D eigenvalue weighted by Gasteiger charge is 2.00. The summed E-state index contributed by atoms with van der Waals surface area (Å²) in [6.07, 6.45) is 14.0. The first-order valence-electron chi connectivity index (χ1n) is 9.14. The summed E-state index contributed by atoms with van der Waals surface area (Å²) in [6, 6.07) is 0. The minimum absolute atomic E-state index is 0.203. The molecule has 0 saturated carbocycles. The lowest BCUT2D eigenvalue weighted by Crippen LogP contribution is -1.88. The van der Waals surface area contributed by atoms with Crippen molar-refractivity contribution in [1.29, 1.82) is 0 Å². The number of rotatable bonds is 12. The number of halogens is 2. The average Bonchev–Trinajstić information content (AvgIpc) is 2.47. The highest BCUT2D eigenvalue weighted by molar-refractivity contribution is 9.39. The molecule has 22 heavy (non-hydrogen) atoms. The van der Waals surface area contributed by atoms with Crippen LogP contribution in [0, 0.1) is 11.8 Å². The maximum absolute atomic E-state index is 3.71. The van der Waals surface area contributed by atoms with Gasteiger partial charge in [-0.15, -0.1) is 0 Å². The topological polar surface area (TPSA) is 0 Å². The molecule has 0 aromatic carbocycles. The van der Waals surface area contributed by atoms with Crippen molar-refractivity contribution in [3.8, 4) is 0 Å². The van der Waals surface area contributed by atoms with Crippen LogP contribution in [0.3, 0.4) is 0 Å². The van der Waals surface area contributed by atoms with Crippen LogP contribution in [0.15, 0.2) is 0 Å². The summed E-state index contributed by atoms with van der Waals surface area (Å²) in [6.45, 7) is 14.1. The van der Waals surface area contributed by atoms with Gasteiger partial charge in [0.1, 0.15) is 0 Å². The zero-order valence-corrected chi connectivity index (χ0v) is 20.8. The van der Waals surface area contributed by atoms with E-state index in [4.69, 9.17) is 0 Å². The molecule has 0 radical (unpaired) electrons. The summed E-state index contributed by atoms with van der Waals surface area (Å²) in [5.41, 5.74) is 0. The van der Waals surface area contributed by atoms with Gasteiger partial charge in [-0.1, -0.05) is 98.2 Å². The summed E-state index contributed by atoms with van der Waals surface area (Å²) < 4.78 is 0. The molecule has 0 saturated heterocycles. The summed E-state index contributed by atoms with van der Waals surface area (Å²) in [7, 11) is 0. The van der Waals surface area contributed by atoms with Crippen molar-refractivity contribution in [1.82, 2.24) is 0 Å². The molecule has 0 aliphatic rings. The third-order valence-corrected chi connectivity index (χ3v) is 11.7. The molecule has 2 unspecified atom stereocenters. The van der Waals surface area contributed by atoms with Crippen molar-refractivity contribution >= 4 is 44.2 Å². The standard InChI is InChI=1S/2C9H20BrP/c2*1-4-11(10)8-6-5-7-9(2)3/h2*9H,4-8H2,1-3H3. The number of unbranched alkanes of at least 4 members (excludes halogenated alkanes) is 2. The summed E-state index contributed by atoms with van der Waals surface area (Å²) in [4.78, 5) is 0. The van der Waals surface area contributed by atoms with Crippen LogP contribution in [0.5, 0.6) is 0 Å². The Hall–Kier alpha value is 1.82. The molecule has 0 aromatic rings. The van der Waals surface area contributed by atoms with Crippen molar-refractivity contribution in [3.63, 3.8) is 0 Å². The fraction of sp³-hybridized carbons (Fsp3) is 1.00. The smallest absolute Gasteiger partial charge is 0.0227 e. The average molecular weight is 478 g/mol. The van der Waals surface area contributed by atoms with Crippen LogP contribution in [-0.4, -0.2) is 24.6 Å². The molecule has 136 valence electrons. The van der Waals surface area contributed by atoms with Gasteiger partial charge in [-0.05, 0) is 62.6 Å². The molecule has 0 rings (SSSR count). The van der Waals surface area contributed by atoms with Crippen LogP contribution in [0.4, 0.5) is 0 Å². The van der Waals surface area contributed by atoms with Crippen LogP contribution >= 0.6 is 44.2 Å². The maximum atomic E-state index is 3.71. The van der Waals surface area contributed by atoms with E-state index in [9.17, 15) is 0 Å². The van der Waals surface area contributed by atoms with Crippen molar-refractivity contribution < 1.29 is 0 Å². The lowest BCUT2D eigenvalue weighted by atomic mass is 10.1. The molecule has 0 amide bonds. The molecule has 0 spiro atoms. The zero-order valence-electron chi connectivity index (χ0n) is 15.9. The molecule has 0 nitrogen and oxygen atoms in total. The summed E-state index contributed by atoms with van der Waals surface area (Å²) >= 11 is 7.42. The number of hydrogen-bond acceptors (Lipinski definition) is 0. The monoisotopic (exact) mass is 476 g/mol. The van der Waals surface area contributed by atoms with Crippen molar-refractivity contribution in [3.05, 3.63) is 0 Å². The van der Waals surface area contributed by atoms with E-state index in [1.54, 1.807) is 0 Å². The molecule has 0 aliphatic heterocycles. The molecule has 2 atom stereocenters. The van der Waals surface area contributed by atoms with Crippen molar-refractivity contribution in [2.45, 2.75) is 80.1 Å². The SMILES string of the molecule is CCP(Br)CCCCC(C)C.CCP(Br)CCCCC(C)C. The predicted octanol–water partition coefficient (Wildman–Crippen LogP) is 9.25. The highest BCUT2D eigenvalue weighted by Crippen LogP contribution is 2.44. The summed E-state index contributed by atoms with van der Waals surface area (Å²) in [5.74, 6) is 1.77. The third kappa shape index (κ3) is 24.1. The third-order valence-electron chi connectivity index (χ3n) is 3.55. The van der Waals surface area contributed by atoms with E-state index in [-0.39, 0.29) is 13.2 Å². The second-order valence-electron chi connectivity index (χ2n) is 6.78. The Balaban J connectivity index is 0. The van der Waals surface area contributed by atoms with E-state index in [1.807, 2.05) is 0 Å². The van der Waals surface area contributed by atoms with Gasteiger partial charge in [-0.2, -0.15) is 0 Å². The first-order valence-corrected chi connectivity index (χ1v) is 16.6. The lowest BCUT2D eigenvalue weighted by Gasteiger charge is -2.07. The van der Waals surface area contributed by atoms with Gasteiger partial charge in [0.05, 0.1) is 0 Å². The van der Waals surface area contributed by atoms with Gasteiger partial charge in [0.15, 0.2) is 0 Å². The Morgan fingerprint density at radius 2 is 0.955 bits per heavy atom. The largest absolute Gasteiger partial charge is 0.0628 e. The molecule has 0 heterocycles. The van der Waals surface area contributed by atoms with Crippen LogP contribution in [0.2, 0.25) is 0 Å². The molecular formula is C18H40Br2P2. The quantitative estimate of drug-likeness (QED) is 0.194. The minimum atomic E-state index is 0.203. The second-order valence-corrected chi connectivity index (χ2v) is 16.8. The van der Waals surface area contributed by atoms with Gasteiger partial charge < -0.3 is 0 Å².